The summed E-state index contributed by atoms with van der Waals surface area (Å²) in [6, 6.07) is 15.6. The van der Waals surface area contributed by atoms with Crippen molar-refractivity contribution in [2.75, 3.05) is 26.6 Å². The highest BCUT2D eigenvalue weighted by molar-refractivity contribution is 7.98. The van der Waals surface area contributed by atoms with E-state index in [9.17, 15) is 4.79 Å². The highest BCUT2D eigenvalue weighted by Crippen LogP contribution is 2.38. The Labute approximate surface area is 186 Å². The first-order valence-electron chi connectivity index (χ1n) is 9.83. The number of aryl methyl sites for hydroxylation is 1. The summed E-state index contributed by atoms with van der Waals surface area (Å²) in [5, 5.41) is 2.95. The molecule has 0 saturated heterocycles. The topological polar surface area (TPSA) is 69.7 Å². The Morgan fingerprint density at radius 1 is 0.968 bits per heavy atom. The Morgan fingerprint density at radius 3 is 2.26 bits per heavy atom. The molecule has 0 unspecified atom stereocenters. The van der Waals surface area contributed by atoms with Crippen LogP contribution in [-0.2, 0) is 17.0 Å². The van der Waals surface area contributed by atoms with E-state index in [2.05, 4.69) is 16.4 Å². The van der Waals surface area contributed by atoms with E-state index in [0.717, 1.165) is 21.9 Å². The summed E-state index contributed by atoms with van der Waals surface area (Å²) in [6.07, 6.45) is 4.54. The number of anilines is 1. The fourth-order valence-corrected chi connectivity index (χ4v) is 3.88. The maximum atomic E-state index is 12.4. The van der Waals surface area contributed by atoms with E-state index in [0.29, 0.717) is 30.1 Å². The molecular formula is C24H26N2O4S. The molecule has 31 heavy (non-hydrogen) atoms. The van der Waals surface area contributed by atoms with Gasteiger partial charge in [0.25, 0.3) is 0 Å². The second kappa shape index (κ2) is 11.3. The second-order valence-electron chi connectivity index (χ2n) is 6.76. The Balaban J connectivity index is 1.53. The van der Waals surface area contributed by atoms with Gasteiger partial charge in [0.1, 0.15) is 0 Å². The fraction of sp³-hybridized carbons (Fsp3) is 0.250. The number of thioether (sulfide) groups is 1. The van der Waals surface area contributed by atoms with Crippen LogP contribution in [0.3, 0.4) is 0 Å². The van der Waals surface area contributed by atoms with Crippen molar-refractivity contribution in [3.05, 3.63) is 72.1 Å². The van der Waals surface area contributed by atoms with Crippen molar-refractivity contribution < 1.29 is 19.0 Å². The van der Waals surface area contributed by atoms with E-state index in [1.165, 1.54) is 5.56 Å². The number of aromatic nitrogens is 1. The molecule has 0 saturated carbocycles. The lowest BCUT2D eigenvalue weighted by Gasteiger charge is -2.14. The predicted molar refractivity (Wildman–Crippen MR) is 123 cm³/mol. The molecule has 0 aliphatic heterocycles. The van der Waals surface area contributed by atoms with Gasteiger partial charge in [-0.1, -0.05) is 6.07 Å². The molecular weight excluding hydrogens is 412 g/mol. The first-order chi connectivity index (χ1) is 15.1. The predicted octanol–water partition coefficient (Wildman–Crippen LogP) is 4.97. The number of amides is 1. The number of carbonyl (C=O) groups excluding carboxylic acids is 1. The van der Waals surface area contributed by atoms with E-state index < -0.39 is 0 Å². The number of methoxy groups -OCH3 is 3. The van der Waals surface area contributed by atoms with Crippen LogP contribution < -0.4 is 19.5 Å². The van der Waals surface area contributed by atoms with E-state index in [-0.39, 0.29) is 5.91 Å². The van der Waals surface area contributed by atoms with E-state index in [1.807, 2.05) is 48.7 Å². The maximum absolute atomic E-state index is 12.4. The third kappa shape index (κ3) is 6.39. The molecule has 2 aromatic carbocycles. The molecule has 0 fully saturated rings. The molecule has 1 heterocycles. The van der Waals surface area contributed by atoms with Crippen LogP contribution >= 0.6 is 11.8 Å². The van der Waals surface area contributed by atoms with E-state index in [4.69, 9.17) is 14.2 Å². The van der Waals surface area contributed by atoms with Crippen molar-refractivity contribution >= 4 is 23.4 Å². The molecule has 1 aromatic heterocycles. The molecule has 162 valence electrons. The molecule has 0 atom stereocenters. The Kier molecular flexibility index (Phi) is 8.18. The normalized spacial score (nSPS) is 10.4. The summed E-state index contributed by atoms with van der Waals surface area (Å²) in [6.45, 7) is 0. The Morgan fingerprint density at radius 2 is 1.68 bits per heavy atom. The third-order valence-corrected chi connectivity index (χ3v) is 5.71. The second-order valence-corrected chi connectivity index (χ2v) is 7.80. The molecule has 6 nitrogen and oxygen atoms in total. The van der Waals surface area contributed by atoms with Crippen molar-refractivity contribution in [2.45, 2.75) is 23.5 Å². The van der Waals surface area contributed by atoms with Gasteiger partial charge in [0.2, 0.25) is 11.7 Å². The molecule has 1 amide bonds. The summed E-state index contributed by atoms with van der Waals surface area (Å²) in [4.78, 5) is 17.7. The van der Waals surface area contributed by atoms with Crippen LogP contribution in [0, 0.1) is 0 Å². The van der Waals surface area contributed by atoms with Gasteiger partial charge in [-0.25, -0.2) is 0 Å². The van der Waals surface area contributed by atoms with Gasteiger partial charge in [-0.15, -0.1) is 11.8 Å². The van der Waals surface area contributed by atoms with Gasteiger partial charge in [0.05, 0.1) is 21.3 Å². The summed E-state index contributed by atoms with van der Waals surface area (Å²) in [5.74, 6) is 2.51. The first kappa shape index (κ1) is 22.5. The Bertz CT molecular complexity index is 969. The van der Waals surface area contributed by atoms with Crippen LogP contribution in [0.25, 0.3) is 0 Å². The summed E-state index contributed by atoms with van der Waals surface area (Å²) >= 11 is 1.73. The van der Waals surface area contributed by atoms with Gasteiger partial charge in [-0.3, -0.25) is 9.78 Å². The number of benzene rings is 2. The van der Waals surface area contributed by atoms with Gasteiger partial charge in [-0.2, -0.15) is 0 Å². The minimum Gasteiger partial charge on any atom is -0.493 e. The van der Waals surface area contributed by atoms with E-state index in [1.54, 1.807) is 39.3 Å². The average Bonchev–Trinajstić information content (AvgIpc) is 2.82. The number of hydrogen-bond acceptors (Lipinski definition) is 6. The molecule has 3 aromatic rings. The third-order valence-electron chi connectivity index (χ3n) is 4.63. The standard InChI is InChI=1S/C24H26N2O4S/c1-28-21-13-17(14-22(29-2)24(21)30-3)6-11-23(27)26-19-7-9-20(10-8-19)31-16-18-5-4-12-25-15-18/h4-5,7-10,12-15H,6,11,16H2,1-3H3,(H,26,27). The van der Waals surface area contributed by atoms with Gasteiger partial charge in [0, 0.05) is 35.2 Å². The van der Waals surface area contributed by atoms with Crippen molar-refractivity contribution in [1.29, 1.82) is 0 Å². The van der Waals surface area contributed by atoms with Crippen molar-refractivity contribution in [3.63, 3.8) is 0 Å². The van der Waals surface area contributed by atoms with Crippen LogP contribution in [0.2, 0.25) is 0 Å². The molecule has 0 aliphatic carbocycles. The smallest absolute Gasteiger partial charge is 0.224 e. The van der Waals surface area contributed by atoms with Crippen LogP contribution in [-0.4, -0.2) is 32.2 Å². The molecule has 0 bridgehead atoms. The first-order valence-corrected chi connectivity index (χ1v) is 10.8. The monoisotopic (exact) mass is 438 g/mol. The molecule has 7 heteroatoms. The van der Waals surface area contributed by atoms with Gasteiger partial charge in [0.15, 0.2) is 11.5 Å². The largest absolute Gasteiger partial charge is 0.493 e. The fourth-order valence-electron chi connectivity index (χ4n) is 3.05. The minimum atomic E-state index is -0.0514. The van der Waals surface area contributed by atoms with Crippen LogP contribution in [0.1, 0.15) is 17.5 Å². The quantitative estimate of drug-likeness (QED) is 0.451. The van der Waals surface area contributed by atoms with Crippen molar-refractivity contribution in [2.24, 2.45) is 0 Å². The minimum absolute atomic E-state index is 0.0514. The van der Waals surface area contributed by atoms with Gasteiger partial charge < -0.3 is 19.5 Å². The zero-order valence-corrected chi connectivity index (χ0v) is 18.7. The SMILES string of the molecule is COc1cc(CCC(=O)Nc2ccc(SCc3cccnc3)cc2)cc(OC)c1OC. The lowest BCUT2D eigenvalue weighted by atomic mass is 10.1. The van der Waals surface area contributed by atoms with Crippen LogP contribution in [0.5, 0.6) is 17.2 Å². The molecule has 1 N–H and O–H groups in total. The van der Waals surface area contributed by atoms with Crippen molar-refractivity contribution in [1.82, 2.24) is 4.98 Å². The summed E-state index contributed by atoms with van der Waals surface area (Å²) in [7, 11) is 4.72. The number of hydrogen-bond donors (Lipinski definition) is 1. The molecule has 0 radical (unpaired) electrons. The number of rotatable bonds is 10. The number of pyridine rings is 1. The molecule has 3 rings (SSSR count). The van der Waals surface area contributed by atoms with Crippen LogP contribution in [0.4, 0.5) is 5.69 Å². The lowest BCUT2D eigenvalue weighted by Crippen LogP contribution is -2.12. The summed E-state index contributed by atoms with van der Waals surface area (Å²) < 4.78 is 16.1. The average molecular weight is 439 g/mol. The van der Waals surface area contributed by atoms with Gasteiger partial charge >= 0.3 is 0 Å². The highest BCUT2D eigenvalue weighted by Gasteiger charge is 2.14. The zero-order chi connectivity index (χ0) is 22.1. The number of nitrogens with zero attached hydrogens (tertiary/aromatic N) is 1. The zero-order valence-electron chi connectivity index (χ0n) is 17.9. The summed E-state index contributed by atoms with van der Waals surface area (Å²) in [5.41, 5.74) is 2.89. The number of ether oxygens (including phenoxy) is 3. The van der Waals surface area contributed by atoms with E-state index >= 15 is 0 Å². The number of nitrogens with one attached hydrogen (secondary N) is 1. The Hall–Kier alpha value is -3.19. The van der Waals surface area contributed by atoms with Crippen LogP contribution in [0.15, 0.2) is 65.8 Å². The highest BCUT2D eigenvalue weighted by atomic mass is 32.2. The van der Waals surface area contributed by atoms with Gasteiger partial charge in [-0.05, 0) is 60.0 Å². The maximum Gasteiger partial charge on any atom is 0.224 e. The van der Waals surface area contributed by atoms with Crippen molar-refractivity contribution in [3.8, 4) is 17.2 Å². The lowest BCUT2D eigenvalue weighted by molar-refractivity contribution is -0.116. The molecule has 0 aliphatic rings. The number of carbonyl (C=O) groups is 1. The molecule has 0 spiro atoms.